The summed E-state index contributed by atoms with van der Waals surface area (Å²) in [5.74, 6) is -0.861. The number of carbonyl (C=O) groups is 3. The van der Waals surface area contributed by atoms with E-state index < -0.39 is 24.0 Å². The number of para-hydroxylation sites is 1. The smallest absolute Gasteiger partial charge is 0.321 e. The number of nitrogens with one attached hydrogen (secondary N) is 2. The highest BCUT2D eigenvalue weighted by Crippen LogP contribution is 2.31. The van der Waals surface area contributed by atoms with E-state index in [9.17, 15) is 23.9 Å². The Morgan fingerprint density at radius 3 is 2.53 bits per heavy atom. The van der Waals surface area contributed by atoms with Gasteiger partial charge in [0, 0.05) is 55.0 Å². The second kappa shape index (κ2) is 13.4. The van der Waals surface area contributed by atoms with E-state index in [1.54, 1.807) is 37.1 Å². The first-order chi connectivity index (χ1) is 21.5. The third-order valence-corrected chi connectivity index (χ3v) is 8.18. The Labute approximate surface area is 261 Å². The van der Waals surface area contributed by atoms with Crippen LogP contribution in [0.15, 0.2) is 72.9 Å². The highest BCUT2D eigenvalue weighted by Gasteiger charge is 2.34. The molecule has 3 aromatic carbocycles. The van der Waals surface area contributed by atoms with Gasteiger partial charge in [0.15, 0.2) is 0 Å². The molecule has 10 nitrogen and oxygen atoms in total. The van der Waals surface area contributed by atoms with Crippen LogP contribution in [0.5, 0.6) is 5.75 Å². The van der Waals surface area contributed by atoms with Crippen LogP contribution >= 0.6 is 0 Å². The molecule has 236 valence electrons. The van der Waals surface area contributed by atoms with E-state index in [4.69, 9.17) is 4.74 Å². The van der Waals surface area contributed by atoms with Gasteiger partial charge in [-0.15, -0.1) is 0 Å². The van der Waals surface area contributed by atoms with Crippen LogP contribution in [0.4, 0.5) is 20.6 Å². The van der Waals surface area contributed by atoms with Gasteiger partial charge in [-0.2, -0.15) is 0 Å². The fourth-order valence-corrected chi connectivity index (χ4v) is 5.57. The van der Waals surface area contributed by atoms with Crippen molar-refractivity contribution in [3.8, 4) is 5.75 Å². The van der Waals surface area contributed by atoms with E-state index in [0.717, 1.165) is 16.5 Å². The van der Waals surface area contributed by atoms with E-state index in [-0.39, 0.29) is 49.4 Å². The summed E-state index contributed by atoms with van der Waals surface area (Å²) < 4.78 is 21.7. The molecule has 0 unspecified atom stereocenters. The molecule has 1 aliphatic heterocycles. The molecule has 0 saturated heterocycles. The number of amides is 4. The Balaban J connectivity index is 1.36. The molecule has 0 aliphatic carbocycles. The van der Waals surface area contributed by atoms with Crippen molar-refractivity contribution >= 4 is 40.1 Å². The summed E-state index contributed by atoms with van der Waals surface area (Å²) in [5.41, 5.74) is 3.06. The van der Waals surface area contributed by atoms with Crippen LogP contribution in [-0.2, 0) is 18.3 Å². The summed E-state index contributed by atoms with van der Waals surface area (Å²) in [4.78, 5) is 42.9. The van der Waals surface area contributed by atoms with Gasteiger partial charge < -0.3 is 34.8 Å². The fourth-order valence-electron chi connectivity index (χ4n) is 5.57. The number of hydrogen-bond acceptors (Lipinski definition) is 5. The number of aliphatic hydroxyl groups is 1. The molecule has 2 heterocycles. The Kier molecular flexibility index (Phi) is 9.38. The summed E-state index contributed by atoms with van der Waals surface area (Å²) in [6.07, 6.45) is 1.58. The van der Waals surface area contributed by atoms with Crippen LogP contribution in [0.3, 0.4) is 0 Å². The van der Waals surface area contributed by atoms with Gasteiger partial charge in [0.25, 0.3) is 5.91 Å². The lowest BCUT2D eigenvalue weighted by atomic mass is 9.99. The quantitative estimate of drug-likeness (QED) is 0.261. The topological polar surface area (TPSA) is 116 Å². The van der Waals surface area contributed by atoms with Crippen LogP contribution < -0.4 is 15.4 Å². The van der Waals surface area contributed by atoms with Gasteiger partial charge in [0.05, 0.1) is 31.2 Å². The SMILES string of the molecule is C[C@H]1CN([C@@H](C)CO)C(=O)c2cc(NC(=O)Cc3cn(C)c4ccccc34)ccc2O[C@H]1CN(C)C(=O)Nc1ccc(F)cc1. The summed E-state index contributed by atoms with van der Waals surface area (Å²) in [7, 11) is 3.57. The van der Waals surface area contributed by atoms with Gasteiger partial charge in [-0.25, -0.2) is 9.18 Å². The zero-order chi connectivity index (χ0) is 32.2. The Hall–Kier alpha value is -4.90. The van der Waals surface area contributed by atoms with Crippen LogP contribution in [0.25, 0.3) is 10.9 Å². The van der Waals surface area contributed by atoms with Crippen molar-refractivity contribution in [3.05, 3.63) is 89.9 Å². The van der Waals surface area contributed by atoms with Crippen molar-refractivity contribution in [2.45, 2.75) is 32.4 Å². The third kappa shape index (κ3) is 7.09. The first kappa shape index (κ1) is 31.5. The number of ether oxygens (including phenoxy) is 1. The average molecular weight is 616 g/mol. The molecule has 0 fully saturated rings. The summed E-state index contributed by atoms with van der Waals surface area (Å²) >= 11 is 0. The number of fused-ring (bicyclic) bond motifs is 2. The summed E-state index contributed by atoms with van der Waals surface area (Å²) in [5, 5.41) is 16.6. The molecule has 0 bridgehead atoms. The lowest BCUT2D eigenvalue weighted by Crippen LogP contribution is -2.50. The molecule has 45 heavy (non-hydrogen) atoms. The number of benzene rings is 3. The van der Waals surface area contributed by atoms with Crippen LogP contribution in [0.1, 0.15) is 29.8 Å². The van der Waals surface area contributed by atoms with E-state index in [0.29, 0.717) is 17.1 Å². The number of urea groups is 1. The number of nitrogens with zero attached hydrogens (tertiary/aromatic N) is 3. The second-order valence-electron chi connectivity index (χ2n) is 11.7. The lowest BCUT2D eigenvalue weighted by Gasteiger charge is -2.38. The van der Waals surface area contributed by atoms with Crippen LogP contribution in [0.2, 0.25) is 0 Å². The van der Waals surface area contributed by atoms with E-state index in [1.807, 2.05) is 49.0 Å². The molecule has 4 aromatic rings. The number of likely N-dealkylation sites (N-methyl/N-ethyl adjacent to an activating group) is 1. The number of rotatable bonds is 8. The maximum Gasteiger partial charge on any atom is 0.321 e. The second-order valence-corrected chi connectivity index (χ2v) is 11.7. The lowest BCUT2D eigenvalue weighted by molar-refractivity contribution is -0.115. The van der Waals surface area contributed by atoms with Gasteiger partial charge >= 0.3 is 6.03 Å². The van der Waals surface area contributed by atoms with Gasteiger partial charge in [0.1, 0.15) is 17.7 Å². The molecule has 11 heteroatoms. The Morgan fingerprint density at radius 2 is 1.80 bits per heavy atom. The Bertz CT molecular complexity index is 1710. The molecule has 4 amide bonds. The minimum absolute atomic E-state index is 0.155. The maximum atomic E-state index is 13.8. The van der Waals surface area contributed by atoms with Gasteiger partial charge in [-0.1, -0.05) is 25.1 Å². The minimum atomic E-state index is -0.513. The molecule has 1 aromatic heterocycles. The number of anilines is 2. The third-order valence-electron chi connectivity index (χ3n) is 8.18. The zero-order valence-corrected chi connectivity index (χ0v) is 25.8. The molecular weight excluding hydrogens is 577 g/mol. The number of halogens is 1. The first-order valence-corrected chi connectivity index (χ1v) is 14.9. The minimum Gasteiger partial charge on any atom is -0.487 e. The molecule has 3 N–H and O–H groups in total. The van der Waals surface area contributed by atoms with Crippen molar-refractivity contribution in [1.29, 1.82) is 0 Å². The number of aryl methyl sites for hydroxylation is 1. The predicted octanol–water partition coefficient (Wildman–Crippen LogP) is 4.88. The molecule has 5 rings (SSSR count). The van der Waals surface area contributed by atoms with Gasteiger partial charge in [-0.05, 0) is 61.0 Å². The zero-order valence-electron chi connectivity index (χ0n) is 25.8. The largest absolute Gasteiger partial charge is 0.487 e. The number of aliphatic hydroxyl groups excluding tert-OH is 1. The standard InChI is InChI=1S/C34H38FN5O5/c1-21-17-40(22(2)20-41)33(43)28-16-26(36-32(42)15-23-18-38(3)29-8-6-5-7-27(23)29)13-14-30(28)45-31(21)19-39(4)34(44)37-25-11-9-24(35)10-12-25/h5-14,16,18,21-22,31,41H,15,17,19-20H2,1-4H3,(H,36,42)(H,37,44)/t21-,22-,31-/m0/s1. The summed E-state index contributed by atoms with van der Waals surface area (Å²) in [6.45, 7) is 3.91. The van der Waals surface area contributed by atoms with Crippen LogP contribution in [-0.4, -0.2) is 76.2 Å². The predicted molar refractivity (Wildman–Crippen MR) is 171 cm³/mol. The van der Waals surface area contributed by atoms with E-state index in [2.05, 4.69) is 10.6 Å². The van der Waals surface area contributed by atoms with Crippen molar-refractivity contribution < 1.29 is 28.6 Å². The van der Waals surface area contributed by atoms with Gasteiger partial charge in [0.2, 0.25) is 5.91 Å². The molecule has 0 radical (unpaired) electrons. The highest BCUT2D eigenvalue weighted by atomic mass is 19.1. The maximum absolute atomic E-state index is 13.8. The number of carbonyl (C=O) groups excluding carboxylic acids is 3. The normalized spacial score (nSPS) is 17.1. The summed E-state index contributed by atoms with van der Waals surface area (Å²) in [6, 6.07) is 17.4. The van der Waals surface area contributed by atoms with Crippen molar-refractivity contribution in [2.75, 3.05) is 37.4 Å². The molecule has 1 aliphatic rings. The van der Waals surface area contributed by atoms with Crippen molar-refractivity contribution in [1.82, 2.24) is 14.4 Å². The average Bonchev–Trinajstić information content (AvgIpc) is 3.34. The highest BCUT2D eigenvalue weighted by molar-refractivity contribution is 6.01. The van der Waals surface area contributed by atoms with Crippen molar-refractivity contribution in [2.24, 2.45) is 13.0 Å². The number of hydrogen-bond donors (Lipinski definition) is 3. The Morgan fingerprint density at radius 1 is 1.09 bits per heavy atom. The molecular formula is C34H38FN5O5. The molecule has 0 saturated carbocycles. The van der Waals surface area contributed by atoms with Gasteiger partial charge in [-0.3, -0.25) is 9.59 Å². The van der Waals surface area contributed by atoms with Crippen molar-refractivity contribution in [3.63, 3.8) is 0 Å². The van der Waals surface area contributed by atoms with E-state index in [1.165, 1.54) is 29.2 Å². The molecule has 0 spiro atoms. The first-order valence-electron chi connectivity index (χ1n) is 14.9. The monoisotopic (exact) mass is 615 g/mol. The van der Waals surface area contributed by atoms with E-state index >= 15 is 0 Å². The number of aromatic nitrogens is 1. The fraction of sp³-hybridized carbons (Fsp3) is 0.324. The van der Waals surface area contributed by atoms with Crippen LogP contribution in [0, 0.1) is 11.7 Å². The molecule has 3 atom stereocenters.